The standard InChI is InChI=1S/C19H25NO4S2/c21-17(22)11-7-5-3-1-2-4-6-8-12-20-18(23)16(26-19(20)25)14-15-10-9-13-24-15/h9-10,13-14H,1-8,11-12H2,(H,21,22)/b16-14+. The third-order valence-corrected chi connectivity index (χ3v) is 5.59. The van der Waals surface area contributed by atoms with Gasteiger partial charge in [0.05, 0.1) is 11.2 Å². The SMILES string of the molecule is O=C(O)CCCCCCCCCCN1C(=O)/C(=C\c2ccco2)SC1=S. The van der Waals surface area contributed by atoms with Gasteiger partial charge in [-0.25, -0.2) is 0 Å². The maximum atomic E-state index is 12.4. The van der Waals surface area contributed by atoms with Crippen LogP contribution in [-0.4, -0.2) is 32.7 Å². The highest BCUT2D eigenvalue weighted by Crippen LogP contribution is 2.32. The lowest BCUT2D eigenvalue weighted by Crippen LogP contribution is -2.28. The lowest BCUT2D eigenvalue weighted by molar-refractivity contribution is -0.137. The minimum Gasteiger partial charge on any atom is -0.481 e. The first-order chi connectivity index (χ1) is 12.6. The lowest BCUT2D eigenvalue weighted by atomic mass is 10.1. The van der Waals surface area contributed by atoms with Crippen LogP contribution in [0.25, 0.3) is 6.08 Å². The van der Waals surface area contributed by atoms with Gasteiger partial charge >= 0.3 is 5.97 Å². The van der Waals surface area contributed by atoms with Crippen molar-refractivity contribution in [3.63, 3.8) is 0 Å². The topological polar surface area (TPSA) is 70.8 Å². The van der Waals surface area contributed by atoms with Gasteiger partial charge in [0.1, 0.15) is 10.1 Å². The molecule has 1 amide bonds. The zero-order valence-electron chi connectivity index (χ0n) is 14.8. The Morgan fingerprint density at radius 3 is 2.42 bits per heavy atom. The molecule has 1 saturated heterocycles. The highest BCUT2D eigenvalue weighted by Gasteiger charge is 2.31. The highest BCUT2D eigenvalue weighted by atomic mass is 32.2. The Hall–Kier alpha value is -1.60. The maximum absolute atomic E-state index is 12.4. The number of hydrogen-bond acceptors (Lipinski definition) is 5. The number of carboxylic acids is 1. The van der Waals surface area contributed by atoms with Crippen molar-refractivity contribution in [1.29, 1.82) is 0 Å². The van der Waals surface area contributed by atoms with Crippen LogP contribution in [0.15, 0.2) is 27.7 Å². The number of thioether (sulfide) groups is 1. The molecule has 1 N–H and O–H groups in total. The molecule has 2 rings (SSSR count). The summed E-state index contributed by atoms with van der Waals surface area (Å²) in [6.45, 7) is 0.665. The fourth-order valence-electron chi connectivity index (χ4n) is 2.80. The number of aliphatic carboxylic acids is 1. The normalized spacial score (nSPS) is 16.0. The zero-order valence-corrected chi connectivity index (χ0v) is 16.4. The summed E-state index contributed by atoms with van der Waals surface area (Å²) < 4.78 is 5.87. The summed E-state index contributed by atoms with van der Waals surface area (Å²) >= 11 is 6.65. The first-order valence-electron chi connectivity index (χ1n) is 9.08. The predicted molar refractivity (Wildman–Crippen MR) is 108 cm³/mol. The van der Waals surface area contributed by atoms with Gasteiger partial charge < -0.3 is 9.52 Å². The Labute approximate surface area is 163 Å². The molecule has 0 aromatic carbocycles. The molecule has 0 aliphatic carbocycles. The first-order valence-corrected chi connectivity index (χ1v) is 10.3. The van der Waals surface area contributed by atoms with Crippen LogP contribution in [-0.2, 0) is 9.59 Å². The van der Waals surface area contributed by atoms with E-state index < -0.39 is 5.97 Å². The van der Waals surface area contributed by atoms with Crippen LogP contribution in [0.3, 0.4) is 0 Å². The van der Waals surface area contributed by atoms with E-state index in [-0.39, 0.29) is 12.3 Å². The Kier molecular flexibility index (Phi) is 8.91. The summed E-state index contributed by atoms with van der Waals surface area (Å²) in [5, 5.41) is 8.57. The van der Waals surface area contributed by atoms with Crippen molar-refractivity contribution >= 4 is 46.3 Å². The first kappa shape index (κ1) is 20.7. The highest BCUT2D eigenvalue weighted by molar-refractivity contribution is 8.26. The van der Waals surface area contributed by atoms with Crippen LogP contribution in [0.2, 0.25) is 0 Å². The van der Waals surface area contributed by atoms with Gasteiger partial charge in [0.15, 0.2) is 0 Å². The number of carbonyl (C=O) groups is 2. The fourth-order valence-corrected chi connectivity index (χ4v) is 4.09. The lowest BCUT2D eigenvalue weighted by Gasteiger charge is -2.14. The number of carboxylic acid groups (broad SMARTS) is 1. The van der Waals surface area contributed by atoms with Gasteiger partial charge in [-0.05, 0) is 25.0 Å². The van der Waals surface area contributed by atoms with E-state index >= 15 is 0 Å². The monoisotopic (exact) mass is 395 g/mol. The second kappa shape index (κ2) is 11.2. The number of unbranched alkanes of at least 4 members (excludes halogenated alkanes) is 7. The van der Waals surface area contributed by atoms with Gasteiger partial charge in [-0.3, -0.25) is 14.5 Å². The maximum Gasteiger partial charge on any atom is 0.303 e. The number of carbonyl (C=O) groups excluding carboxylic acids is 1. The van der Waals surface area contributed by atoms with Crippen molar-refractivity contribution in [2.24, 2.45) is 0 Å². The van der Waals surface area contributed by atoms with E-state index in [1.165, 1.54) is 11.8 Å². The Morgan fingerprint density at radius 1 is 1.15 bits per heavy atom. The largest absolute Gasteiger partial charge is 0.481 e. The summed E-state index contributed by atoms with van der Waals surface area (Å²) in [5.74, 6) is -0.0802. The average Bonchev–Trinajstić information content (AvgIpc) is 3.19. The van der Waals surface area contributed by atoms with Gasteiger partial charge in [0.25, 0.3) is 5.91 Å². The Balaban J connectivity index is 1.57. The molecule has 7 heteroatoms. The molecule has 0 atom stereocenters. The molecule has 1 aromatic rings. The number of thiocarbonyl (C=S) groups is 1. The van der Waals surface area contributed by atoms with Gasteiger partial charge in [-0.1, -0.05) is 62.5 Å². The van der Waals surface area contributed by atoms with E-state index in [1.807, 2.05) is 6.07 Å². The van der Waals surface area contributed by atoms with Crippen LogP contribution < -0.4 is 0 Å². The molecule has 1 fully saturated rings. The van der Waals surface area contributed by atoms with Crippen LogP contribution in [0.1, 0.15) is 63.5 Å². The fraction of sp³-hybridized carbons (Fsp3) is 0.526. The molecule has 1 aliphatic rings. The quantitative estimate of drug-likeness (QED) is 0.302. The smallest absolute Gasteiger partial charge is 0.303 e. The minimum atomic E-state index is -0.709. The van der Waals surface area contributed by atoms with Crippen molar-refractivity contribution in [1.82, 2.24) is 4.90 Å². The number of hydrogen-bond donors (Lipinski definition) is 1. The van der Waals surface area contributed by atoms with Gasteiger partial charge in [-0.2, -0.15) is 0 Å². The second-order valence-corrected chi connectivity index (χ2v) is 8.00. The Bertz CT molecular complexity index is 640. The van der Waals surface area contributed by atoms with E-state index in [0.717, 1.165) is 51.4 Å². The summed E-state index contributed by atoms with van der Waals surface area (Å²) in [6.07, 6.45) is 11.9. The molecule has 5 nitrogen and oxygen atoms in total. The second-order valence-electron chi connectivity index (χ2n) is 6.32. The molecule has 26 heavy (non-hydrogen) atoms. The van der Waals surface area contributed by atoms with E-state index in [1.54, 1.807) is 23.3 Å². The molecule has 0 bridgehead atoms. The van der Waals surface area contributed by atoms with E-state index in [9.17, 15) is 9.59 Å². The van der Waals surface area contributed by atoms with E-state index in [4.69, 9.17) is 21.7 Å². The van der Waals surface area contributed by atoms with Gasteiger partial charge in [0.2, 0.25) is 0 Å². The molecule has 1 aromatic heterocycles. The number of furan rings is 1. The number of rotatable bonds is 12. The summed E-state index contributed by atoms with van der Waals surface area (Å²) in [6, 6.07) is 3.60. The predicted octanol–water partition coefficient (Wildman–Crippen LogP) is 5.08. The van der Waals surface area contributed by atoms with Gasteiger partial charge in [-0.15, -0.1) is 0 Å². The van der Waals surface area contributed by atoms with Crippen LogP contribution in [0, 0.1) is 0 Å². The van der Waals surface area contributed by atoms with E-state index in [0.29, 0.717) is 21.5 Å². The van der Waals surface area contributed by atoms with Crippen LogP contribution >= 0.6 is 24.0 Å². The third-order valence-electron chi connectivity index (χ3n) is 4.21. The van der Waals surface area contributed by atoms with Crippen molar-refractivity contribution in [2.75, 3.05) is 6.54 Å². The molecule has 1 aliphatic heterocycles. The zero-order chi connectivity index (χ0) is 18.8. The Morgan fingerprint density at radius 2 is 1.81 bits per heavy atom. The van der Waals surface area contributed by atoms with Crippen molar-refractivity contribution in [2.45, 2.75) is 57.8 Å². The average molecular weight is 396 g/mol. The third kappa shape index (κ3) is 6.96. The molecule has 142 valence electrons. The molecule has 2 heterocycles. The van der Waals surface area contributed by atoms with Crippen molar-refractivity contribution in [3.05, 3.63) is 29.1 Å². The van der Waals surface area contributed by atoms with Gasteiger partial charge in [0, 0.05) is 19.0 Å². The summed E-state index contributed by atoms with van der Waals surface area (Å²) in [4.78, 5) is 25.1. The van der Waals surface area contributed by atoms with E-state index in [2.05, 4.69) is 0 Å². The minimum absolute atomic E-state index is 0.0326. The molecular formula is C19H25NO4S2. The molecule has 0 saturated carbocycles. The molecule has 0 radical (unpaired) electrons. The number of nitrogens with zero attached hydrogens (tertiary/aromatic N) is 1. The molecular weight excluding hydrogens is 370 g/mol. The van der Waals surface area contributed by atoms with Crippen LogP contribution in [0.5, 0.6) is 0 Å². The summed E-state index contributed by atoms with van der Waals surface area (Å²) in [5.41, 5.74) is 0. The van der Waals surface area contributed by atoms with Crippen molar-refractivity contribution in [3.8, 4) is 0 Å². The summed E-state index contributed by atoms with van der Waals surface area (Å²) in [7, 11) is 0. The molecule has 0 unspecified atom stereocenters. The molecule has 0 spiro atoms. The van der Waals surface area contributed by atoms with Crippen LogP contribution in [0.4, 0.5) is 0 Å². The number of amides is 1. The van der Waals surface area contributed by atoms with Crippen molar-refractivity contribution < 1.29 is 19.1 Å².